The van der Waals surface area contributed by atoms with Crippen molar-refractivity contribution in [2.24, 2.45) is 0 Å². The van der Waals surface area contributed by atoms with Gasteiger partial charge in [0.05, 0.1) is 43.7 Å². The number of halogens is 1. The molecule has 0 unspecified atom stereocenters. The Kier molecular flexibility index (Phi) is 5.29. The molecule has 9 heteroatoms. The van der Waals surface area contributed by atoms with Gasteiger partial charge in [-0.15, -0.1) is 0 Å². The average Bonchev–Trinajstić information content (AvgIpc) is 3.07. The first kappa shape index (κ1) is 18.7. The molecule has 1 aliphatic rings. The number of methoxy groups -OCH3 is 1. The smallest absolute Gasteiger partial charge is 0.319 e. The van der Waals surface area contributed by atoms with Crippen molar-refractivity contribution in [3.63, 3.8) is 0 Å². The molecular weight excluding hydrogens is 353 g/mol. The van der Waals surface area contributed by atoms with Crippen LogP contribution in [0.25, 0.3) is 0 Å². The summed E-state index contributed by atoms with van der Waals surface area (Å²) >= 11 is 0. The van der Waals surface area contributed by atoms with Crippen molar-refractivity contribution in [1.29, 1.82) is 0 Å². The number of rotatable bonds is 4. The second kappa shape index (κ2) is 7.65. The zero-order chi connectivity index (χ0) is 19.6. The number of nitrogens with one attached hydrogen (secondary N) is 1. The molecule has 0 fully saturated rings. The predicted molar refractivity (Wildman–Crippen MR) is 95.8 cm³/mol. The van der Waals surface area contributed by atoms with Gasteiger partial charge in [-0.05, 0) is 24.3 Å². The van der Waals surface area contributed by atoms with Gasteiger partial charge >= 0.3 is 6.03 Å². The van der Waals surface area contributed by atoms with Crippen LogP contribution >= 0.6 is 0 Å². The van der Waals surface area contributed by atoms with Crippen molar-refractivity contribution in [2.45, 2.75) is 19.6 Å². The molecule has 1 aromatic heterocycles. The van der Waals surface area contributed by atoms with E-state index in [2.05, 4.69) is 10.4 Å². The van der Waals surface area contributed by atoms with Crippen LogP contribution in [0.1, 0.15) is 21.7 Å². The van der Waals surface area contributed by atoms with Crippen LogP contribution in [-0.4, -0.2) is 59.3 Å². The number of urea groups is 1. The van der Waals surface area contributed by atoms with Gasteiger partial charge in [-0.3, -0.25) is 9.48 Å². The topological polar surface area (TPSA) is 79.7 Å². The van der Waals surface area contributed by atoms with Crippen LogP contribution in [0.15, 0.2) is 24.3 Å². The fraction of sp³-hybridized carbons (Fsp3) is 0.389. The molecule has 2 aromatic rings. The maximum Gasteiger partial charge on any atom is 0.319 e. The Morgan fingerprint density at radius 1 is 1.30 bits per heavy atom. The third-order valence-corrected chi connectivity index (χ3v) is 4.34. The molecule has 0 aliphatic carbocycles. The van der Waals surface area contributed by atoms with Crippen LogP contribution in [0.2, 0.25) is 0 Å². The van der Waals surface area contributed by atoms with E-state index < -0.39 is 11.7 Å². The highest BCUT2D eigenvalue weighted by Crippen LogP contribution is 2.19. The van der Waals surface area contributed by atoms with Crippen molar-refractivity contribution in [2.75, 3.05) is 27.7 Å². The zero-order valence-electron chi connectivity index (χ0n) is 15.5. The number of carbonyl (C=O) groups is 2. The van der Waals surface area contributed by atoms with Crippen LogP contribution in [0.5, 0.6) is 5.75 Å². The molecule has 1 N–H and O–H groups in total. The van der Waals surface area contributed by atoms with Crippen molar-refractivity contribution in [3.05, 3.63) is 47.0 Å². The standard InChI is InChI=1S/C18H22FN5O3/c1-22(2)18(26)23-6-7-24-14(11-23)9-13(21-24)10-20-17(25)15-8-12(19)4-5-16(15)27-3/h4-5,8-9H,6-7,10-11H2,1-3H3,(H,20,25). The molecule has 0 radical (unpaired) electrons. The van der Waals surface area contributed by atoms with E-state index in [4.69, 9.17) is 4.74 Å². The number of carbonyl (C=O) groups excluding carboxylic acids is 2. The number of hydrogen-bond donors (Lipinski definition) is 1. The Morgan fingerprint density at radius 2 is 2.07 bits per heavy atom. The SMILES string of the molecule is COc1ccc(F)cc1C(=O)NCc1cc2n(n1)CCN(C(=O)N(C)C)C2. The van der Waals surface area contributed by atoms with Crippen molar-refractivity contribution < 1.29 is 18.7 Å². The van der Waals surface area contributed by atoms with Gasteiger partial charge in [-0.1, -0.05) is 0 Å². The lowest BCUT2D eigenvalue weighted by molar-refractivity contribution is 0.0946. The predicted octanol–water partition coefficient (Wildman–Crippen LogP) is 1.46. The number of benzene rings is 1. The molecule has 0 spiro atoms. The van der Waals surface area contributed by atoms with Crippen LogP contribution in [0.3, 0.4) is 0 Å². The number of hydrogen-bond acceptors (Lipinski definition) is 4. The molecule has 1 aromatic carbocycles. The summed E-state index contributed by atoms with van der Waals surface area (Å²) in [6.07, 6.45) is 0. The third-order valence-electron chi connectivity index (χ3n) is 4.34. The van der Waals surface area contributed by atoms with E-state index in [1.807, 2.05) is 10.7 Å². The molecule has 144 valence electrons. The van der Waals surface area contributed by atoms with Gasteiger partial charge in [0.25, 0.3) is 5.91 Å². The zero-order valence-corrected chi connectivity index (χ0v) is 15.5. The van der Waals surface area contributed by atoms with Crippen molar-refractivity contribution in [3.8, 4) is 5.75 Å². The first-order chi connectivity index (χ1) is 12.9. The van der Waals surface area contributed by atoms with Gasteiger partial charge in [0.1, 0.15) is 11.6 Å². The van der Waals surface area contributed by atoms with Crippen LogP contribution in [0, 0.1) is 5.82 Å². The quantitative estimate of drug-likeness (QED) is 0.877. The van der Waals surface area contributed by atoms with E-state index in [-0.39, 0.29) is 18.1 Å². The number of ether oxygens (including phenoxy) is 1. The highest BCUT2D eigenvalue weighted by Gasteiger charge is 2.23. The molecule has 8 nitrogen and oxygen atoms in total. The summed E-state index contributed by atoms with van der Waals surface area (Å²) < 4.78 is 20.4. The van der Waals surface area contributed by atoms with Crippen LogP contribution < -0.4 is 10.1 Å². The highest BCUT2D eigenvalue weighted by molar-refractivity contribution is 5.96. The molecule has 0 atom stereocenters. The average molecular weight is 375 g/mol. The Labute approximate surface area is 156 Å². The molecule has 3 amide bonds. The summed E-state index contributed by atoms with van der Waals surface area (Å²) in [7, 11) is 4.86. The molecule has 0 bridgehead atoms. The van der Waals surface area contributed by atoms with E-state index in [1.54, 1.807) is 23.9 Å². The largest absolute Gasteiger partial charge is 0.496 e. The van der Waals surface area contributed by atoms with Gasteiger partial charge < -0.3 is 19.9 Å². The number of aromatic nitrogens is 2. The molecule has 0 saturated carbocycles. The fourth-order valence-electron chi connectivity index (χ4n) is 2.98. The summed E-state index contributed by atoms with van der Waals surface area (Å²) in [4.78, 5) is 27.7. The number of amides is 3. The fourth-order valence-corrected chi connectivity index (χ4v) is 2.98. The summed E-state index contributed by atoms with van der Waals surface area (Å²) in [5.74, 6) is -0.651. The maximum absolute atomic E-state index is 13.4. The molecular formula is C18H22FN5O3. The second-order valence-electron chi connectivity index (χ2n) is 6.48. The maximum atomic E-state index is 13.4. The molecule has 2 heterocycles. The van der Waals surface area contributed by atoms with E-state index in [0.717, 1.165) is 11.8 Å². The Balaban J connectivity index is 1.66. The molecule has 27 heavy (non-hydrogen) atoms. The Hall–Kier alpha value is -3.10. The van der Waals surface area contributed by atoms with Crippen LogP contribution in [0.4, 0.5) is 9.18 Å². The second-order valence-corrected chi connectivity index (χ2v) is 6.48. The van der Waals surface area contributed by atoms with Crippen molar-refractivity contribution in [1.82, 2.24) is 24.9 Å². The van der Waals surface area contributed by atoms with Gasteiger partial charge in [0, 0.05) is 20.6 Å². The normalized spacial score (nSPS) is 13.1. The monoisotopic (exact) mass is 375 g/mol. The van der Waals surface area contributed by atoms with Gasteiger partial charge in [-0.25, -0.2) is 9.18 Å². The molecule has 3 rings (SSSR count). The Bertz CT molecular complexity index is 865. The lowest BCUT2D eigenvalue weighted by atomic mass is 10.2. The van der Waals surface area contributed by atoms with Crippen LogP contribution in [-0.2, 0) is 19.6 Å². The summed E-state index contributed by atoms with van der Waals surface area (Å²) in [6, 6.07) is 5.60. The first-order valence-electron chi connectivity index (χ1n) is 8.52. The Morgan fingerprint density at radius 3 is 2.78 bits per heavy atom. The van der Waals surface area contributed by atoms with Gasteiger partial charge in [-0.2, -0.15) is 5.10 Å². The van der Waals surface area contributed by atoms with Gasteiger partial charge in [0.15, 0.2) is 0 Å². The van der Waals surface area contributed by atoms with Gasteiger partial charge in [0.2, 0.25) is 0 Å². The van der Waals surface area contributed by atoms with E-state index >= 15 is 0 Å². The molecule has 0 saturated heterocycles. The lowest BCUT2D eigenvalue weighted by Gasteiger charge is -2.29. The third kappa shape index (κ3) is 4.02. The summed E-state index contributed by atoms with van der Waals surface area (Å²) in [5, 5.41) is 7.19. The van der Waals surface area contributed by atoms with Crippen molar-refractivity contribution >= 4 is 11.9 Å². The minimum atomic E-state index is -0.510. The summed E-state index contributed by atoms with van der Waals surface area (Å²) in [6.45, 7) is 1.84. The minimum Gasteiger partial charge on any atom is -0.496 e. The number of fused-ring (bicyclic) bond motifs is 1. The molecule has 1 aliphatic heterocycles. The lowest BCUT2D eigenvalue weighted by Crippen LogP contribution is -2.43. The highest BCUT2D eigenvalue weighted by atomic mass is 19.1. The van der Waals surface area contributed by atoms with E-state index in [1.165, 1.54) is 19.2 Å². The van der Waals surface area contributed by atoms with E-state index in [0.29, 0.717) is 31.1 Å². The van der Waals surface area contributed by atoms with E-state index in [9.17, 15) is 14.0 Å². The number of nitrogens with zero attached hydrogens (tertiary/aromatic N) is 4. The first-order valence-corrected chi connectivity index (χ1v) is 8.52. The minimum absolute atomic E-state index is 0.0458. The summed E-state index contributed by atoms with van der Waals surface area (Å²) in [5.41, 5.74) is 1.71.